The smallest absolute Gasteiger partial charge is 0.219 e. The van der Waals surface area contributed by atoms with Gasteiger partial charge in [-0.25, -0.2) is 0 Å². The number of nitrogens with one attached hydrogen (secondary N) is 1. The first-order valence-electron chi connectivity index (χ1n) is 9.72. The van der Waals surface area contributed by atoms with Crippen molar-refractivity contribution in [3.8, 4) is 0 Å². The molecule has 0 saturated heterocycles. The summed E-state index contributed by atoms with van der Waals surface area (Å²) in [4.78, 5) is 21.7. The minimum Gasteiger partial charge on any atom is -0.356 e. The monoisotopic (exact) mass is 323 g/mol. The second kappa shape index (κ2) is 19.2. The molecule has 0 fully saturated rings. The van der Waals surface area contributed by atoms with Gasteiger partial charge in [-0.3, -0.25) is 9.59 Å². The lowest BCUT2D eigenvalue weighted by Crippen LogP contribution is -2.23. The molecule has 2 radical (unpaired) electrons. The fraction of sp³-hybridized carbons (Fsp3) is 0.850. The number of amides is 1. The van der Waals surface area contributed by atoms with Gasteiger partial charge >= 0.3 is 0 Å². The quantitative estimate of drug-likeness (QED) is 0.348. The molecule has 0 aliphatic heterocycles. The van der Waals surface area contributed by atoms with Crippen molar-refractivity contribution in [1.82, 2.24) is 5.32 Å². The summed E-state index contributed by atoms with van der Waals surface area (Å²) in [5.41, 5.74) is 0. The number of rotatable bonds is 18. The molecule has 0 saturated carbocycles. The van der Waals surface area contributed by atoms with Crippen molar-refractivity contribution in [2.75, 3.05) is 6.54 Å². The van der Waals surface area contributed by atoms with Gasteiger partial charge in [-0.15, -0.1) is 0 Å². The highest BCUT2D eigenvalue weighted by atomic mass is 16.1. The number of hydrogen-bond acceptors (Lipinski definition) is 2. The lowest BCUT2D eigenvalue weighted by molar-refractivity contribution is -0.121. The third-order valence-corrected chi connectivity index (χ3v) is 4.18. The van der Waals surface area contributed by atoms with Gasteiger partial charge in [0.15, 0.2) is 6.29 Å². The van der Waals surface area contributed by atoms with Crippen LogP contribution in [0.5, 0.6) is 0 Å². The maximum absolute atomic E-state index is 11.7. The van der Waals surface area contributed by atoms with E-state index >= 15 is 0 Å². The zero-order chi connectivity index (χ0) is 17.0. The van der Waals surface area contributed by atoms with Gasteiger partial charge < -0.3 is 5.32 Å². The van der Waals surface area contributed by atoms with E-state index in [9.17, 15) is 9.59 Å². The first kappa shape index (κ1) is 22.1. The Kier molecular flexibility index (Phi) is 18.5. The summed E-state index contributed by atoms with van der Waals surface area (Å²) in [6, 6.07) is 0. The molecule has 134 valence electrons. The zero-order valence-corrected chi connectivity index (χ0v) is 15.0. The van der Waals surface area contributed by atoms with E-state index in [0.717, 1.165) is 51.5 Å². The molecule has 0 aromatic carbocycles. The van der Waals surface area contributed by atoms with E-state index in [2.05, 4.69) is 12.2 Å². The summed E-state index contributed by atoms with van der Waals surface area (Å²) in [7, 11) is 0. The molecule has 3 nitrogen and oxygen atoms in total. The van der Waals surface area contributed by atoms with Crippen LogP contribution in [0.2, 0.25) is 0 Å². The fourth-order valence-corrected chi connectivity index (χ4v) is 2.69. The number of carbonyl (C=O) groups excluding carboxylic acids is 2. The third-order valence-electron chi connectivity index (χ3n) is 4.18. The van der Waals surface area contributed by atoms with Crippen LogP contribution in [0.25, 0.3) is 0 Å². The first-order valence-corrected chi connectivity index (χ1v) is 9.72. The molecule has 1 amide bonds. The first-order chi connectivity index (χ1) is 11.3. The van der Waals surface area contributed by atoms with Crippen molar-refractivity contribution in [3.05, 3.63) is 6.92 Å². The number of unbranched alkanes of at least 4 members (excludes halogenated alkanes) is 13. The van der Waals surface area contributed by atoms with Gasteiger partial charge in [0.2, 0.25) is 5.91 Å². The normalized spacial score (nSPS) is 10.7. The topological polar surface area (TPSA) is 46.2 Å². The molecule has 0 atom stereocenters. The summed E-state index contributed by atoms with van der Waals surface area (Å²) < 4.78 is 0. The molecule has 0 aromatic rings. The Morgan fingerprint density at radius 2 is 1.26 bits per heavy atom. The largest absolute Gasteiger partial charge is 0.356 e. The van der Waals surface area contributed by atoms with E-state index in [1.807, 2.05) is 6.29 Å². The van der Waals surface area contributed by atoms with Gasteiger partial charge in [-0.1, -0.05) is 77.6 Å². The highest BCUT2D eigenvalue weighted by Crippen LogP contribution is 2.09. The molecule has 0 aliphatic carbocycles. The predicted octanol–water partition coefficient (Wildman–Crippen LogP) is 5.29. The number of carbonyl (C=O) groups is 1. The van der Waals surface area contributed by atoms with Gasteiger partial charge in [-0.05, 0) is 19.3 Å². The van der Waals surface area contributed by atoms with E-state index < -0.39 is 0 Å². The molecule has 0 bridgehead atoms. The van der Waals surface area contributed by atoms with Gasteiger partial charge in [0, 0.05) is 19.4 Å². The lowest BCUT2D eigenvalue weighted by Gasteiger charge is -2.05. The highest BCUT2D eigenvalue weighted by molar-refractivity contribution is 5.75. The molecule has 23 heavy (non-hydrogen) atoms. The van der Waals surface area contributed by atoms with E-state index in [0.29, 0.717) is 12.8 Å². The molecule has 1 N–H and O–H groups in total. The zero-order valence-electron chi connectivity index (χ0n) is 15.0. The lowest BCUT2D eigenvalue weighted by atomic mass is 10.1. The molecule has 3 heteroatoms. The van der Waals surface area contributed by atoms with Crippen LogP contribution in [-0.4, -0.2) is 18.7 Å². The Morgan fingerprint density at radius 1 is 0.739 bits per heavy atom. The Labute approximate surface area is 144 Å². The molecule has 0 rings (SSSR count). The Bertz CT molecular complexity index is 266. The van der Waals surface area contributed by atoms with Crippen LogP contribution >= 0.6 is 0 Å². The van der Waals surface area contributed by atoms with E-state index in [-0.39, 0.29) is 5.91 Å². The SMILES string of the molecule is [CH2]CCCCCCCCCNC(=O)CCCCCCCC[C]=O. The Balaban J connectivity index is 3.14. The molecule has 0 unspecified atom stereocenters. The summed E-state index contributed by atoms with van der Waals surface area (Å²) in [6.45, 7) is 4.69. The summed E-state index contributed by atoms with van der Waals surface area (Å²) in [5, 5.41) is 3.02. The second-order valence-electron chi connectivity index (χ2n) is 6.44. The van der Waals surface area contributed by atoms with Crippen molar-refractivity contribution < 1.29 is 9.59 Å². The van der Waals surface area contributed by atoms with Crippen LogP contribution in [0.3, 0.4) is 0 Å². The van der Waals surface area contributed by atoms with E-state index in [4.69, 9.17) is 0 Å². The van der Waals surface area contributed by atoms with Crippen LogP contribution in [0, 0.1) is 6.92 Å². The van der Waals surface area contributed by atoms with Crippen LogP contribution in [0.1, 0.15) is 103 Å². The number of hydrogen-bond donors (Lipinski definition) is 1. The van der Waals surface area contributed by atoms with Crippen molar-refractivity contribution in [1.29, 1.82) is 0 Å². The Hall–Kier alpha value is -0.860. The predicted molar refractivity (Wildman–Crippen MR) is 97.9 cm³/mol. The van der Waals surface area contributed by atoms with Crippen molar-refractivity contribution in [2.24, 2.45) is 0 Å². The summed E-state index contributed by atoms with van der Waals surface area (Å²) in [6.07, 6.45) is 19.5. The van der Waals surface area contributed by atoms with E-state index in [1.165, 1.54) is 44.9 Å². The van der Waals surface area contributed by atoms with Crippen molar-refractivity contribution in [2.45, 2.75) is 103 Å². The minimum atomic E-state index is 0.205. The molecular weight excluding hydrogens is 286 g/mol. The molecule has 0 aromatic heterocycles. The van der Waals surface area contributed by atoms with Crippen LogP contribution in [-0.2, 0) is 9.59 Å². The van der Waals surface area contributed by atoms with Gasteiger partial charge in [-0.2, -0.15) is 0 Å². The maximum atomic E-state index is 11.7. The summed E-state index contributed by atoms with van der Waals surface area (Å²) >= 11 is 0. The fourth-order valence-electron chi connectivity index (χ4n) is 2.69. The minimum absolute atomic E-state index is 0.205. The van der Waals surface area contributed by atoms with Gasteiger partial charge in [0.05, 0.1) is 0 Å². The molecule has 0 heterocycles. The Morgan fingerprint density at radius 3 is 1.87 bits per heavy atom. The average Bonchev–Trinajstić information content (AvgIpc) is 2.56. The summed E-state index contributed by atoms with van der Waals surface area (Å²) in [5.74, 6) is 0.205. The van der Waals surface area contributed by atoms with Crippen molar-refractivity contribution in [3.63, 3.8) is 0 Å². The molecular formula is C20H37NO2. The maximum Gasteiger partial charge on any atom is 0.219 e. The molecule has 0 spiro atoms. The van der Waals surface area contributed by atoms with Crippen LogP contribution in [0.15, 0.2) is 0 Å². The van der Waals surface area contributed by atoms with Crippen LogP contribution < -0.4 is 5.32 Å². The standard InChI is InChI=1S/C20H37NO2/c1-2-3-4-5-6-9-12-15-18-21-20(23)17-14-11-8-7-10-13-16-19-22/h1-18H2,(H,21,23). The van der Waals surface area contributed by atoms with E-state index in [1.54, 1.807) is 0 Å². The van der Waals surface area contributed by atoms with Crippen molar-refractivity contribution >= 4 is 12.2 Å². The third kappa shape index (κ3) is 19.1. The highest BCUT2D eigenvalue weighted by Gasteiger charge is 2.00. The molecule has 0 aliphatic rings. The van der Waals surface area contributed by atoms with Gasteiger partial charge in [0.1, 0.15) is 0 Å². The second-order valence-corrected chi connectivity index (χ2v) is 6.44. The average molecular weight is 324 g/mol. The van der Waals surface area contributed by atoms with Crippen LogP contribution in [0.4, 0.5) is 0 Å². The van der Waals surface area contributed by atoms with Gasteiger partial charge in [0.25, 0.3) is 0 Å².